The lowest BCUT2D eigenvalue weighted by Gasteiger charge is -2.25. The molecule has 3 heterocycles. The lowest BCUT2D eigenvalue weighted by Crippen LogP contribution is -2.40. The van der Waals surface area contributed by atoms with Crippen molar-refractivity contribution in [1.82, 2.24) is 14.9 Å². The standard InChI is InChI=1S/C16H16ClN3O3/c17-12-7-10(8-13-15(12)23-6-5-22-13)16(21)19-11-1-2-14-18-3-4-20(14)9-11/h3-4,7-8,11H,1-2,5-6,9H2,(H,19,21). The maximum Gasteiger partial charge on any atom is 0.251 e. The molecule has 0 radical (unpaired) electrons. The summed E-state index contributed by atoms with van der Waals surface area (Å²) in [5.74, 6) is 1.94. The molecular weight excluding hydrogens is 318 g/mol. The molecule has 0 spiro atoms. The van der Waals surface area contributed by atoms with Crippen LogP contribution in [0.5, 0.6) is 11.5 Å². The number of hydrogen-bond acceptors (Lipinski definition) is 4. The molecule has 23 heavy (non-hydrogen) atoms. The van der Waals surface area contributed by atoms with E-state index in [1.54, 1.807) is 18.3 Å². The molecule has 1 aromatic heterocycles. The molecular formula is C16H16ClN3O3. The van der Waals surface area contributed by atoms with Gasteiger partial charge < -0.3 is 19.4 Å². The number of benzene rings is 1. The second-order valence-corrected chi connectivity index (χ2v) is 6.09. The molecule has 6 nitrogen and oxygen atoms in total. The summed E-state index contributed by atoms with van der Waals surface area (Å²) in [5, 5.41) is 3.45. The van der Waals surface area contributed by atoms with Gasteiger partial charge in [0.2, 0.25) is 0 Å². The normalized spacial score (nSPS) is 19.1. The first-order valence-electron chi connectivity index (χ1n) is 7.61. The van der Waals surface area contributed by atoms with Gasteiger partial charge >= 0.3 is 0 Å². The van der Waals surface area contributed by atoms with Crippen LogP contribution in [0.3, 0.4) is 0 Å². The number of fused-ring (bicyclic) bond motifs is 2. The van der Waals surface area contributed by atoms with Crippen LogP contribution in [0.1, 0.15) is 22.6 Å². The fraction of sp³-hybridized carbons (Fsp3) is 0.375. The maximum absolute atomic E-state index is 12.5. The highest BCUT2D eigenvalue weighted by atomic mass is 35.5. The Morgan fingerprint density at radius 1 is 1.35 bits per heavy atom. The van der Waals surface area contributed by atoms with Crippen molar-refractivity contribution in [2.45, 2.75) is 25.4 Å². The monoisotopic (exact) mass is 333 g/mol. The molecule has 0 saturated heterocycles. The highest BCUT2D eigenvalue weighted by Crippen LogP contribution is 2.38. The van der Waals surface area contributed by atoms with Crippen LogP contribution in [-0.4, -0.2) is 34.7 Å². The molecule has 0 aliphatic carbocycles. The fourth-order valence-electron chi connectivity index (χ4n) is 2.99. The second-order valence-electron chi connectivity index (χ2n) is 5.69. The van der Waals surface area contributed by atoms with E-state index in [0.717, 1.165) is 25.2 Å². The largest absolute Gasteiger partial charge is 0.486 e. The Bertz CT molecular complexity index is 759. The lowest BCUT2D eigenvalue weighted by molar-refractivity contribution is 0.0926. The number of imidazole rings is 1. The number of hydrogen-bond donors (Lipinski definition) is 1. The van der Waals surface area contributed by atoms with Gasteiger partial charge in [-0.25, -0.2) is 4.98 Å². The lowest BCUT2D eigenvalue weighted by atomic mass is 10.1. The number of rotatable bonds is 2. The molecule has 7 heteroatoms. The third-order valence-electron chi connectivity index (χ3n) is 4.13. The minimum absolute atomic E-state index is 0.0798. The van der Waals surface area contributed by atoms with Crippen LogP contribution in [0, 0.1) is 0 Å². The number of aromatic nitrogens is 2. The van der Waals surface area contributed by atoms with Crippen LogP contribution in [0.15, 0.2) is 24.5 Å². The first kappa shape index (κ1) is 14.4. The molecule has 1 unspecified atom stereocenters. The van der Waals surface area contributed by atoms with Crippen LogP contribution < -0.4 is 14.8 Å². The molecule has 1 amide bonds. The van der Waals surface area contributed by atoms with E-state index in [0.29, 0.717) is 35.3 Å². The highest BCUT2D eigenvalue weighted by molar-refractivity contribution is 6.32. The van der Waals surface area contributed by atoms with Crippen molar-refractivity contribution < 1.29 is 14.3 Å². The minimum atomic E-state index is -0.155. The predicted molar refractivity (Wildman–Crippen MR) is 84.2 cm³/mol. The van der Waals surface area contributed by atoms with Gasteiger partial charge in [0.25, 0.3) is 5.91 Å². The van der Waals surface area contributed by atoms with Crippen molar-refractivity contribution in [3.8, 4) is 11.5 Å². The Labute approximate surface area is 138 Å². The van der Waals surface area contributed by atoms with Gasteiger partial charge in [0.05, 0.1) is 5.02 Å². The second kappa shape index (κ2) is 5.77. The zero-order chi connectivity index (χ0) is 15.8. The third-order valence-corrected chi connectivity index (χ3v) is 4.41. The maximum atomic E-state index is 12.5. The van der Waals surface area contributed by atoms with E-state index in [1.165, 1.54) is 0 Å². The van der Waals surface area contributed by atoms with Crippen molar-refractivity contribution in [3.63, 3.8) is 0 Å². The summed E-state index contributed by atoms with van der Waals surface area (Å²) in [7, 11) is 0. The fourth-order valence-corrected chi connectivity index (χ4v) is 3.26. The molecule has 2 aliphatic rings. The number of carbonyl (C=O) groups excluding carboxylic acids is 1. The Morgan fingerprint density at radius 2 is 2.22 bits per heavy atom. The molecule has 120 valence electrons. The number of aryl methyl sites for hydroxylation is 1. The summed E-state index contributed by atoms with van der Waals surface area (Å²) in [5.41, 5.74) is 0.482. The van der Waals surface area contributed by atoms with Crippen molar-refractivity contribution in [2.24, 2.45) is 0 Å². The van der Waals surface area contributed by atoms with Gasteiger partial charge in [-0.2, -0.15) is 0 Å². The topological polar surface area (TPSA) is 65.4 Å². The minimum Gasteiger partial charge on any atom is -0.486 e. The van der Waals surface area contributed by atoms with Crippen LogP contribution in [0.25, 0.3) is 0 Å². The van der Waals surface area contributed by atoms with E-state index in [1.807, 2.05) is 6.20 Å². The van der Waals surface area contributed by atoms with E-state index in [4.69, 9.17) is 21.1 Å². The number of nitrogens with zero attached hydrogens (tertiary/aromatic N) is 2. The SMILES string of the molecule is O=C(NC1CCc2nccn2C1)c1cc(Cl)c2c(c1)OCCO2. The van der Waals surface area contributed by atoms with Gasteiger partial charge in [0.1, 0.15) is 19.0 Å². The molecule has 1 N–H and O–H groups in total. The molecule has 0 saturated carbocycles. The van der Waals surface area contributed by atoms with Gasteiger partial charge in [-0.1, -0.05) is 11.6 Å². The summed E-state index contributed by atoms with van der Waals surface area (Å²) in [6.45, 7) is 1.66. The van der Waals surface area contributed by atoms with Crippen molar-refractivity contribution in [1.29, 1.82) is 0 Å². The quantitative estimate of drug-likeness (QED) is 0.913. The molecule has 1 aromatic carbocycles. The number of ether oxygens (including phenoxy) is 2. The molecule has 2 aromatic rings. The van der Waals surface area contributed by atoms with Gasteiger partial charge in [0.15, 0.2) is 11.5 Å². The summed E-state index contributed by atoms with van der Waals surface area (Å²) < 4.78 is 13.1. The first-order chi connectivity index (χ1) is 11.2. The smallest absolute Gasteiger partial charge is 0.251 e. The van der Waals surface area contributed by atoms with Crippen molar-refractivity contribution in [2.75, 3.05) is 13.2 Å². The van der Waals surface area contributed by atoms with Crippen LogP contribution in [0.2, 0.25) is 5.02 Å². The van der Waals surface area contributed by atoms with Gasteiger partial charge in [-0.15, -0.1) is 0 Å². The first-order valence-corrected chi connectivity index (χ1v) is 7.98. The predicted octanol–water partition coefficient (Wildman–Crippen LogP) is 2.05. The third kappa shape index (κ3) is 2.74. The van der Waals surface area contributed by atoms with Crippen LogP contribution in [0.4, 0.5) is 0 Å². The van der Waals surface area contributed by atoms with E-state index >= 15 is 0 Å². The average molecular weight is 334 g/mol. The zero-order valence-corrected chi connectivity index (χ0v) is 13.2. The van der Waals surface area contributed by atoms with E-state index in [2.05, 4.69) is 14.9 Å². The Kier molecular flexibility index (Phi) is 3.61. The van der Waals surface area contributed by atoms with Gasteiger partial charge in [-0.05, 0) is 18.6 Å². The number of carbonyl (C=O) groups is 1. The van der Waals surface area contributed by atoms with Crippen LogP contribution >= 0.6 is 11.6 Å². The average Bonchev–Trinajstić information content (AvgIpc) is 3.02. The highest BCUT2D eigenvalue weighted by Gasteiger charge is 2.23. The molecule has 0 bridgehead atoms. The van der Waals surface area contributed by atoms with Gasteiger partial charge in [-0.3, -0.25) is 4.79 Å². The van der Waals surface area contributed by atoms with Crippen molar-refractivity contribution in [3.05, 3.63) is 40.9 Å². The Hall–Kier alpha value is -2.21. The summed E-state index contributed by atoms with van der Waals surface area (Å²) in [6, 6.07) is 3.38. The molecule has 4 rings (SSSR count). The van der Waals surface area contributed by atoms with E-state index < -0.39 is 0 Å². The van der Waals surface area contributed by atoms with Gasteiger partial charge in [0, 0.05) is 37.0 Å². The van der Waals surface area contributed by atoms with Crippen LogP contribution in [-0.2, 0) is 13.0 Å². The summed E-state index contributed by atoms with van der Waals surface area (Å²) in [4.78, 5) is 16.8. The number of amides is 1. The van der Waals surface area contributed by atoms with E-state index in [9.17, 15) is 4.79 Å². The molecule has 2 aliphatic heterocycles. The van der Waals surface area contributed by atoms with Crippen molar-refractivity contribution >= 4 is 17.5 Å². The van der Waals surface area contributed by atoms with E-state index in [-0.39, 0.29) is 11.9 Å². The summed E-state index contributed by atoms with van der Waals surface area (Å²) >= 11 is 6.19. The Morgan fingerprint density at radius 3 is 3.13 bits per heavy atom. The molecule has 1 atom stereocenters. The Balaban J connectivity index is 1.50. The number of halogens is 1. The molecule has 0 fully saturated rings. The summed E-state index contributed by atoms with van der Waals surface area (Å²) in [6.07, 6.45) is 5.47. The number of nitrogens with one attached hydrogen (secondary N) is 1. The zero-order valence-electron chi connectivity index (χ0n) is 12.4.